The molecule has 0 N–H and O–H groups in total. The number of ketones is 1. The van der Waals surface area contributed by atoms with E-state index >= 15 is 0 Å². The summed E-state index contributed by atoms with van der Waals surface area (Å²) < 4.78 is 15.8. The molecular formula is C16H20O5. The van der Waals surface area contributed by atoms with Crippen LogP contribution < -0.4 is 14.2 Å². The van der Waals surface area contributed by atoms with E-state index in [4.69, 9.17) is 14.2 Å². The molecule has 0 bridgehead atoms. The molecule has 0 saturated heterocycles. The van der Waals surface area contributed by atoms with Gasteiger partial charge in [0.15, 0.2) is 11.5 Å². The Morgan fingerprint density at radius 1 is 1.10 bits per heavy atom. The van der Waals surface area contributed by atoms with Gasteiger partial charge in [-0.15, -0.1) is 0 Å². The number of methoxy groups -OCH3 is 2. The third kappa shape index (κ3) is 3.35. The number of carbonyl (C=O) groups excluding carboxylic acids is 2. The fourth-order valence-corrected chi connectivity index (χ4v) is 2.71. The number of rotatable bonds is 4. The van der Waals surface area contributed by atoms with Crippen LogP contribution in [0.3, 0.4) is 0 Å². The molecule has 1 fully saturated rings. The summed E-state index contributed by atoms with van der Waals surface area (Å²) in [7, 11) is 3.05. The van der Waals surface area contributed by atoms with Crippen molar-refractivity contribution in [2.45, 2.75) is 38.5 Å². The molecule has 1 aliphatic rings. The number of benzene rings is 1. The molecule has 1 aliphatic carbocycles. The molecule has 5 heteroatoms. The van der Waals surface area contributed by atoms with Crippen molar-refractivity contribution in [3.8, 4) is 17.2 Å². The van der Waals surface area contributed by atoms with Gasteiger partial charge in [-0.3, -0.25) is 9.59 Å². The van der Waals surface area contributed by atoms with Gasteiger partial charge in [0.05, 0.1) is 14.2 Å². The average Bonchev–Trinajstić information content (AvgIpc) is 2.47. The van der Waals surface area contributed by atoms with E-state index in [2.05, 4.69) is 0 Å². The molecule has 1 saturated carbocycles. The van der Waals surface area contributed by atoms with Gasteiger partial charge in [0.2, 0.25) is 0 Å². The fourth-order valence-electron chi connectivity index (χ4n) is 2.71. The third-order valence-corrected chi connectivity index (χ3v) is 3.70. The fraction of sp³-hybridized carbons (Fsp3) is 0.500. The lowest BCUT2D eigenvalue weighted by Crippen LogP contribution is -2.18. The summed E-state index contributed by atoms with van der Waals surface area (Å²) in [5.41, 5.74) is 0.763. The van der Waals surface area contributed by atoms with Gasteiger partial charge in [0.1, 0.15) is 11.5 Å². The first-order valence-corrected chi connectivity index (χ1v) is 7.04. The maximum atomic E-state index is 12.2. The highest BCUT2D eigenvalue weighted by Crippen LogP contribution is 2.41. The highest BCUT2D eigenvalue weighted by Gasteiger charge is 2.28. The van der Waals surface area contributed by atoms with Crippen LogP contribution in [-0.2, 0) is 9.59 Å². The first-order valence-electron chi connectivity index (χ1n) is 7.04. The summed E-state index contributed by atoms with van der Waals surface area (Å²) in [5, 5.41) is 0. The van der Waals surface area contributed by atoms with Gasteiger partial charge in [-0.25, -0.2) is 0 Å². The Hall–Kier alpha value is -2.04. The van der Waals surface area contributed by atoms with Gasteiger partial charge in [-0.2, -0.15) is 0 Å². The van der Waals surface area contributed by atoms with Crippen molar-refractivity contribution < 1.29 is 23.8 Å². The van der Waals surface area contributed by atoms with Gasteiger partial charge in [-0.05, 0) is 18.9 Å². The highest BCUT2D eigenvalue weighted by molar-refractivity contribution is 5.87. The number of ether oxygens (including phenoxy) is 3. The van der Waals surface area contributed by atoms with E-state index in [1.807, 2.05) is 0 Å². The molecular weight excluding hydrogens is 272 g/mol. The minimum Gasteiger partial charge on any atom is -0.496 e. The molecule has 0 radical (unpaired) electrons. The predicted molar refractivity (Wildman–Crippen MR) is 77.1 cm³/mol. The van der Waals surface area contributed by atoms with E-state index in [0.717, 1.165) is 24.8 Å². The second-order valence-electron chi connectivity index (χ2n) is 5.10. The summed E-state index contributed by atoms with van der Waals surface area (Å²) in [6.45, 7) is 1.33. The minimum absolute atomic E-state index is 0.200. The number of Topliss-reactive ketones (excluding diaryl/α,β-unsaturated/α-hetero) is 1. The molecule has 114 valence electrons. The molecule has 1 aromatic carbocycles. The standard InChI is InChI=1S/C16H20O5/c1-10(17)21-16-8-12(11-6-4-5-7-13(11)18)14(19-2)9-15(16)20-3/h8-9,11H,4-7H2,1-3H3. The van der Waals surface area contributed by atoms with E-state index < -0.39 is 5.97 Å². The van der Waals surface area contributed by atoms with Crippen molar-refractivity contribution in [2.24, 2.45) is 0 Å². The van der Waals surface area contributed by atoms with Crippen LogP contribution in [0.1, 0.15) is 44.1 Å². The molecule has 1 unspecified atom stereocenters. The number of esters is 1. The summed E-state index contributed by atoms with van der Waals surface area (Å²) in [6, 6.07) is 3.35. The van der Waals surface area contributed by atoms with Crippen LogP contribution in [0.2, 0.25) is 0 Å². The quantitative estimate of drug-likeness (QED) is 0.631. The Morgan fingerprint density at radius 2 is 1.81 bits per heavy atom. The van der Waals surface area contributed by atoms with Crippen LogP contribution in [0, 0.1) is 0 Å². The zero-order chi connectivity index (χ0) is 15.4. The van der Waals surface area contributed by atoms with Gasteiger partial charge in [0, 0.05) is 30.9 Å². The molecule has 21 heavy (non-hydrogen) atoms. The lowest BCUT2D eigenvalue weighted by molar-refractivity contribution is -0.132. The van der Waals surface area contributed by atoms with Crippen LogP contribution in [0.5, 0.6) is 17.2 Å². The van der Waals surface area contributed by atoms with Gasteiger partial charge >= 0.3 is 5.97 Å². The first kappa shape index (κ1) is 15.4. The van der Waals surface area contributed by atoms with Crippen LogP contribution in [0.25, 0.3) is 0 Å². The van der Waals surface area contributed by atoms with Crippen molar-refractivity contribution in [1.29, 1.82) is 0 Å². The Balaban J connectivity index is 2.47. The molecule has 1 atom stereocenters. The maximum Gasteiger partial charge on any atom is 0.308 e. The molecule has 1 aromatic rings. The van der Waals surface area contributed by atoms with Crippen molar-refractivity contribution in [3.63, 3.8) is 0 Å². The topological polar surface area (TPSA) is 61.8 Å². The smallest absolute Gasteiger partial charge is 0.308 e. The van der Waals surface area contributed by atoms with Gasteiger partial charge < -0.3 is 14.2 Å². The lowest BCUT2D eigenvalue weighted by Gasteiger charge is -2.23. The minimum atomic E-state index is -0.431. The number of hydrogen-bond donors (Lipinski definition) is 0. The predicted octanol–water partition coefficient (Wildman–Crippen LogP) is 2.86. The second-order valence-corrected chi connectivity index (χ2v) is 5.10. The summed E-state index contributed by atoms with van der Waals surface area (Å²) >= 11 is 0. The summed E-state index contributed by atoms with van der Waals surface area (Å²) in [4.78, 5) is 23.4. The molecule has 0 aromatic heterocycles. The van der Waals surface area contributed by atoms with E-state index in [-0.39, 0.29) is 11.7 Å². The molecule has 5 nitrogen and oxygen atoms in total. The third-order valence-electron chi connectivity index (χ3n) is 3.70. The molecule has 2 rings (SSSR count). The van der Waals surface area contributed by atoms with E-state index in [9.17, 15) is 9.59 Å². The van der Waals surface area contributed by atoms with Crippen molar-refractivity contribution in [3.05, 3.63) is 17.7 Å². The normalized spacial score (nSPS) is 18.2. The highest BCUT2D eigenvalue weighted by atomic mass is 16.6. The SMILES string of the molecule is COc1cc(OC)c(C2CCCCC2=O)cc1OC(C)=O. The van der Waals surface area contributed by atoms with Gasteiger partial charge in [-0.1, -0.05) is 6.42 Å². The van der Waals surface area contributed by atoms with E-state index in [1.54, 1.807) is 19.2 Å². The number of hydrogen-bond acceptors (Lipinski definition) is 5. The van der Waals surface area contributed by atoms with Crippen molar-refractivity contribution in [2.75, 3.05) is 14.2 Å². The first-order chi connectivity index (χ1) is 10.1. The van der Waals surface area contributed by atoms with Crippen LogP contribution in [0.15, 0.2) is 12.1 Å². The monoisotopic (exact) mass is 292 g/mol. The zero-order valence-electron chi connectivity index (χ0n) is 12.6. The zero-order valence-corrected chi connectivity index (χ0v) is 12.6. The van der Waals surface area contributed by atoms with Gasteiger partial charge in [0.25, 0.3) is 0 Å². The van der Waals surface area contributed by atoms with Crippen molar-refractivity contribution in [1.82, 2.24) is 0 Å². The summed E-state index contributed by atoms with van der Waals surface area (Å²) in [5.74, 6) is 0.892. The second kappa shape index (κ2) is 6.61. The molecule has 0 spiro atoms. The molecule has 0 heterocycles. The Labute approximate surface area is 124 Å². The lowest BCUT2D eigenvalue weighted by atomic mass is 9.82. The van der Waals surface area contributed by atoms with E-state index in [0.29, 0.717) is 23.7 Å². The van der Waals surface area contributed by atoms with E-state index in [1.165, 1.54) is 14.0 Å². The van der Waals surface area contributed by atoms with Crippen LogP contribution in [0.4, 0.5) is 0 Å². The maximum absolute atomic E-state index is 12.2. The Kier molecular flexibility index (Phi) is 4.83. The van der Waals surface area contributed by atoms with Crippen molar-refractivity contribution >= 4 is 11.8 Å². The summed E-state index contributed by atoms with van der Waals surface area (Å²) in [6.07, 6.45) is 3.32. The van der Waals surface area contributed by atoms with Crippen LogP contribution >= 0.6 is 0 Å². The Bertz CT molecular complexity index is 550. The molecule has 0 aliphatic heterocycles. The largest absolute Gasteiger partial charge is 0.496 e. The van der Waals surface area contributed by atoms with Crippen LogP contribution in [-0.4, -0.2) is 26.0 Å². The molecule has 0 amide bonds. The number of carbonyl (C=O) groups is 2. The Morgan fingerprint density at radius 3 is 2.38 bits per heavy atom. The average molecular weight is 292 g/mol.